The molecule has 6 heteroatoms. The molecule has 2 aromatic rings. The highest BCUT2D eigenvalue weighted by Gasteiger charge is 2.39. The average Bonchev–Trinajstić information content (AvgIpc) is 3.02. The van der Waals surface area contributed by atoms with Crippen LogP contribution in [0.4, 0.5) is 9.52 Å². The molecule has 1 aromatic carbocycles. The number of ether oxygens (including phenoxy) is 1. The van der Waals surface area contributed by atoms with Gasteiger partial charge in [0.1, 0.15) is 0 Å². The SMILES string of the molecule is COc1ccc(-c2csc(NC(=O)C3CC3C)n2)cc1F. The number of anilines is 1. The van der Waals surface area contributed by atoms with E-state index in [2.05, 4.69) is 17.2 Å². The summed E-state index contributed by atoms with van der Waals surface area (Å²) >= 11 is 1.34. The second-order valence-corrected chi connectivity index (χ2v) is 6.05. The number of benzene rings is 1. The predicted octanol–water partition coefficient (Wildman–Crippen LogP) is 3.55. The van der Waals surface area contributed by atoms with Crippen LogP contribution < -0.4 is 10.1 Å². The summed E-state index contributed by atoms with van der Waals surface area (Å²) in [4.78, 5) is 16.2. The third-order valence-electron chi connectivity index (χ3n) is 3.63. The zero-order valence-corrected chi connectivity index (χ0v) is 12.5. The molecule has 1 N–H and O–H groups in total. The summed E-state index contributed by atoms with van der Waals surface area (Å²) in [7, 11) is 1.42. The molecule has 1 saturated carbocycles. The summed E-state index contributed by atoms with van der Waals surface area (Å²) in [6, 6.07) is 4.68. The fraction of sp³-hybridized carbons (Fsp3) is 0.333. The second-order valence-electron chi connectivity index (χ2n) is 5.20. The van der Waals surface area contributed by atoms with Crippen LogP contribution in [0.3, 0.4) is 0 Å². The predicted molar refractivity (Wildman–Crippen MR) is 80.0 cm³/mol. The van der Waals surface area contributed by atoms with Crippen molar-refractivity contribution in [2.75, 3.05) is 12.4 Å². The molecule has 0 radical (unpaired) electrons. The summed E-state index contributed by atoms with van der Waals surface area (Å²) in [5.74, 6) is 0.353. The van der Waals surface area contributed by atoms with Gasteiger partial charge in [0.15, 0.2) is 16.7 Å². The lowest BCUT2D eigenvalue weighted by atomic mass is 10.1. The Morgan fingerprint density at radius 1 is 1.52 bits per heavy atom. The first-order chi connectivity index (χ1) is 10.1. The van der Waals surface area contributed by atoms with E-state index in [0.717, 1.165) is 6.42 Å². The summed E-state index contributed by atoms with van der Waals surface area (Å²) in [6.45, 7) is 2.05. The van der Waals surface area contributed by atoms with Crippen LogP contribution in [0.25, 0.3) is 11.3 Å². The minimum absolute atomic E-state index is 0.0179. The van der Waals surface area contributed by atoms with E-state index in [1.807, 2.05) is 0 Å². The number of nitrogens with one attached hydrogen (secondary N) is 1. The van der Waals surface area contributed by atoms with E-state index >= 15 is 0 Å². The minimum atomic E-state index is -0.430. The molecule has 110 valence electrons. The number of hydrogen-bond donors (Lipinski definition) is 1. The maximum Gasteiger partial charge on any atom is 0.229 e. The van der Waals surface area contributed by atoms with Crippen molar-refractivity contribution in [1.29, 1.82) is 0 Å². The quantitative estimate of drug-likeness (QED) is 0.939. The summed E-state index contributed by atoms with van der Waals surface area (Å²) < 4.78 is 18.6. The van der Waals surface area contributed by atoms with Gasteiger partial charge in [0, 0.05) is 16.9 Å². The molecule has 21 heavy (non-hydrogen) atoms. The molecule has 1 heterocycles. The Kier molecular flexibility index (Phi) is 3.63. The van der Waals surface area contributed by atoms with E-state index in [-0.39, 0.29) is 17.6 Å². The molecular formula is C15H15FN2O2S. The normalized spacial score (nSPS) is 20.1. The van der Waals surface area contributed by atoms with E-state index in [1.165, 1.54) is 24.5 Å². The molecule has 3 rings (SSSR count). The number of amides is 1. The van der Waals surface area contributed by atoms with Crippen LogP contribution in [0.1, 0.15) is 13.3 Å². The van der Waals surface area contributed by atoms with Gasteiger partial charge < -0.3 is 10.1 Å². The monoisotopic (exact) mass is 306 g/mol. The maximum atomic E-state index is 13.7. The summed E-state index contributed by atoms with van der Waals surface area (Å²) in [6.07, 6.45) is 0.938. The largest absolute Gasteiger partial charge is 0.494 e. The Balaban J connectivity index is 1.75. The standard InChI is InChI=1S/C15H15FN2O2S/c1-8-5-10(8)14(19)18-15-17-12(7-21-15)9-3-4-13(20-2)11(16)6-9/h3-4,6-8,10H,5H2,1-2H3,(H,17,18,19). The van der Waals surface area contributed by atoms with E-state index in [0.29, 0.717) is 22.3 Å². The molecule has 1 aliphatic rings. The number of rotatable bonds is 4. The number of thiazole rings is 1. The zero-order chi connectivity index (χ0) is 15.0. The molecule has 0 saturated heterocycles. The molecular weight excluding hydrogens is 291 g/mol. The smallest absolute Gasteiger partial charge is 0.229 e. The van der Waals surface area contributed by atoms with Gasteiger partial charge in [0.05, 0.1) is 12.8 Å². The van der Waals surface area contributed by atoms with Crippen molar-refractivity contribution in [3.8, 4) is 17.0 Å². The first-order valence-corrected chi connectivity index (χ1v) is 7.56. The Hall–Kier alpha value is -1.95. The second kappa shape index (κ2) is 5.44. The highest BCUT2D eigenvalue weighted by Crippen LogP contribution is 2.39. The van der Waals surface area contributed by atoms with Crippen molar-refractivity contribution in [2.45, 2.75) is 13.3 Å². The van der Waals surface area contributed by atoms with Crippen LogP contribution in [0.5, 0.6) is 5.75 Å². The van der Waals surface area contributed by atoms with Crippen molar-refractivity contribution in [3.05, 3.63) is 29.4 Å². The van der Waals surface area contributed by atoms with E-state index in [9.17, 15) is 9.18 Å². The van der Waals surface area contributed by atoms with Crippen molar-refractivity contribution < 1.29 is 13.9 Å². The third-order valence-corrected chi connectivity index (χ3v) is 4.39. The van der Waals surface area contributed by atoms with Crippen LogP contribution in [0, 0.1) is 17.7 Å². The Labute approximate surface area is 126 Å². The molecule has 0 spiro atoms. The van der Waals surface area contributed by atoms with E-state index in [4.69, 9.17) is 4.74 Å². The number of hydrogen-bond acceptors (Lipinski definition) is 4. The van der Waals surface area contributed by atoms with Crippen LogP contribution in [-0.4, -0.2) is 18.0 Å². The minimum Gasteiger partial charge on any atom is -0.494 e. The molecule has 0 bridgehead atoms. The van der Waals surface area contributed by atoms with Gasteiger partial charge in [-0.15, -0.1) is 11.3 Å². The number of nitrogens with zero attached hydrogens (tertiary/aromatic N) is 1. The van der Waals surface area contributed by atoms with Gasteiger partial charge in [-0.1, -0.05) is 6.92 Å². The molecule has 4 nitrogen and oxygen atoms in total. The molecule has 1 aliphatic carbocycles. The van der Waals surface area contributed by atoms with Gasteiger partial charge in [0.25, 0.3) is 0 Å². The topological polar surface area (TPSA) is 51.2 Å². The van der Waals surface area contributed by atoms with Gasteiger partial charge in [-0.3, -0.25) is 4.79 Å². The third kappa shape index (κ3) is 2.90. The van der Waals surface area contributed by atoms with Crippen LogP contribution in [-0.2, 0) is 4.79 Å². The maximum absolute atomic E-state index is 13.7. The Morgan fingerprint density at radius 2 is 2.29 bits per heavy atom. The van der Waals surface area contributed by atoms with Gasteiger partial charge in [-0.2, -0.15) is 0 Å². The van der Waals surface area contributed by atoms with E-state index < -0.39 is 5.82 Å². The molecule has 2 unspecified atom stereocenters. The van der Waals surface area contributed by atoms with Gasteiger partial charge in [0.2, 0.25) is 5.91 Å². The first kappa shape index (κ1) is 14.0. The van der Waals surface area contributed by atoms with Crippen LogP contribution >= 0.6 is 11.3 Å². The average molecular weight is 306 g/mol. The lowest BCUT2D eigenvalue weighted by Gasteiger charge is -2.03. The van der Waals surface area contributed by atoms with Crippen molar-refractivity contribution >= 4 is 22.4 Å². The van der Waals surface area contributed by atoms with E-state index in [1.54, 1.807) is 17.5 Å². The molecule has 1 fully saturated rings. The van der Waals surface area contributed by atoms with Crippen LogP contribution in [0.15, 0.2) is 23.6 Å². The Morgan fingerprint density at radius 3 is 2.90 bits per heavy atom. The summed E-state index contributed by atoms with van der Waals surface area (Å²) in [5.41, 5.74) is 1.30. The van der Waals surface area contributed by atoms with Crippen molar-refractivity contribution in [1.82, 2.24) is 4.98 Å². The number of methoxy groups -OCH3 is 1. The van der Waals surface area contributed by atoms with Crippen molar-refractivity contribution in [3.63, 3.8) is 0 Å². The lowest BCUT2D eigenvalue weighted by Crippen LogP contribution is -2.14. The fourth-order valence-electron chi connectivity index (χ4n) is 2.17. The van der Waals surface area contributed by atoms with Crippen LogP contribution in [0.2, 0.25) is 0 Å². The molecule has 1 aromatic heterocycles. The van der Waals surface area contributed by atoms with Crippen molar-refractivity contribution in [2.24, 2.45) is 11.8 Å². The zero-order valence-electron chi connectivity index (χ0n) is 11.7. The van der Waals surface area contributed by atoms with Gasteiger partial charge >= 0.3 is 0 Å². The van der Waals surface area contributed by atoms with Gasteiger partial charge in [-0.25, -0.2) is 9.37 Å². The fourth-order valence-corrected chi connectivity index (χ4v) is 2.90. The highest BCUT2D eigenvalue weighted by molar-refractivity contribution is 7.14. The number of carbonyl (C=O) groups excluding carboxylic acids is 1. The number of carbonyl (C=O) groups is 1. The first-order valence-electron chi connectivity index (χ1n) is 6.69. The summed E-state index contributed by atoms with van der Waals surface area (Å²) in [5, 5.41) is 5.16. The number of halogens is 1. The molecule has 0 aliphatic heterocycles. The molecule has 2 atom stereocenters. The molecule has 1 amide bonds. The number of aromatic nitrogens is 1. The van der Waals surface area contributed by atoms with Gasteiger partial charge in [-0.05, 0) is 30.5 Å². The highest BCUT2D eigenvalue weighted by atomic mass is 32.1. The lowest BCUT2D eigenvalue weighted by molar-refractivity contribution is -0.117. The Bertz CT molecular complexity index is 686.